The molecule has 0 spiro atoms. The Hall–Kier alpha value is -1.43. The van der Waals surface area contributed by atoms with Crippen LogP contribution < -0.4 is 5.32 Å². The lowest BCUT2D eigenvalue weighted by Gasteiger charge is -2.26. The van der Waals surface area contributed by atoms with Crippen molar-refractivity contribution in [2.75, 3.05) is 44.7 Å². The van der Waals surface area contributed by atoms with E-state index < -0.39 is 0 Å². The second-order valence-corrected chi connectivity index (χ2v) is 6.59. The third-order valence-corrected chi connectivity index (χ3v) is 5.14. The van der Waals surface area contributed by atoms with E-state index in [0.717, 1.165) is 50.9 Å². The second kappa shape index (κ2) is 5.75. The van der Waals surface area contributed by atoms with Gasteiger partial charge in [0.05, 0.1) is 18.9 Å². The highest BCUT2D eigenvalue weighted by molar-refractivity contribution is 7.16. The topological polar surface area (TPSA) is 37.4 Å². The SMILES string of the molecule is c1ccc2c(c1)Cc1sc(NCCN3CCOCC3)nc1-2. The molecular formula is C16H19N3OS. The van der Waals surface area contributed by atoms with Crippen LogP contribution in [0.3, 0.4) is 0 Å². The summed E-state index contributed by atoms with van der Waals surface area (Å²) in [5.41, 5.74) is 3.90. The van der Waals surface area contributed by atoms with Crippen molar-refractivity contribution in [3.8, 4) is 11.3 Å². The molecule has 0 unspecified atom stereocenters. The number of aromatic nitrogens is 1. The highest BCUT2D eigenvalue weighted by Gasteiger charge is 2.22. The van der Waals surface area contributed by atoms with Crippen molar-refractivity contribution in [3.63, 3.8) is 0 Å². The normalized spacial score (nSPS) is 17.5. The molecule has 0 saturated carbocycles. The molecule has 1 aromatic carbocycles. The fourth-order valence-corrected chi connectivity index (χ4v) is 4.01. The zero-order valence-electron chi connectivity index (χ0n) is 12.0. The molecule has 1 aliphatic carbocycles. The minimum atomic E-state index is 0.863. The van der Waals surface area contributed by atoms with Gasteiger partial charge in [-0.05, 0) is 5.56 Å². The Kier molecular flexibility index (Phi) is 3.63. The van der Waals surface area contributed by atoms with Crippen molar-refractivity contribution in [2.45, 2.75) is 6.42 Å². The molecule has 21 heavy (non-hydrogen) atoms. The molecule has 1 fully saturated rings. The Labute approximate surface area is 128 Å². The molecule has 0 radical (unpaired) electrons. The molecule has 110 valence electrons. The van der Waals surface area contributed by atoms with Gasteiger partial charge in [-0.15, -0.1) is 11.3 Å². The summed E-state index contributed by atoms with van der Waals surface area (Å²) in [6.45, 7) is 5.83. The molecule has 4 rings (SSSR count). The number of ether oxygens (including phenoxy) is 1. The maximum Gasteiger partial charge on any atom is 0.183 e. The first kappa shape index (κ1) is 13.2. The van der Waals surface area contributed by atoms with Gasteiger partial charge in [0.25, 0.3) is 0 Å². The van der Waals surface area contributed by atoms with Crippen LogP contribution >= 0.6 is 11.3 Å². The lowest BCUT2D eigenvalue weighted by atomic mass is 10.1. The Morgan fingerprint density at radius 1 is 1.24 bits per heavy atom. The fourth-order valence-electron chi connectivity index (χ4n) is 2.98. The quantitative estimate of drug-likeness (QED) is 0.803. The van der Waals surface area contributed by atoms with Gasteiger partial charge in [0, 0.05) is 43.0 Å². The number of hydrogen-bond donors (Lipinski definition) is 1. The Balaban J connectivity index is 1.38. The Bertz CT molecular complexity index is 634. The number of nitrogens with zero attached hydrogens (tertiary/aromatic N) is 2. The highest BCUT2D eigenvalue weighted by Crippen LogP contribution is 2.40. The molecule has 5 heteroatoms. The molecule has 1 aliphatic heterocycles. The second-order valence-electron chi connectivity index (χ2n) is 5.51. The summed E-state index contributed by atoms with van der Waals surface area (Å²) in [7, 11) is 0. The van der Waals surface area contributed by atoms with E-state index in [4.69, 9.17) is 9.72 Å². The summed E-state index contributed by atoms with van der Waals surface area (Å²) in [5.74, 6) is 0. The molecular weight excluding hydrogens is 282 g/mol. The molecule has 1 aromatic heterocycles. The van der Waals surface area contributed by atoms with Gasteiger partial charge in [0.1, 0.15) is 0 Å². The number of anilines is 1. The third-order valence-electron chi connectivity index (χ3n) is 4.13. The van der Waals surface area contributed by atoms with E-state index in [2.05, 4.69) is 34.5 Å². The summed E-state index contributed by atoms with van der Waals surface area (Å²) in [6.07, 6.45) is 1.04. The van der Waals surface area contributed by atoms with Crippen molar-refractivity contribution in [3.05, 3.63) is 34.7 Å². The van der Waals surface area contributed by atoms with Crippen molar-refractivity contribution in [1.82, 2.24) is 9.88 Å². The van der Waals surface area contributed by atoms with Crippen molar-refractivity contribution in [2.24, 2.45) is 0 Å². The Morgan fingerprint density at radius 2 is 2.10 bits per heavy atom. The van der Waals surface area contributed by atoms with E-state index in [0.29, 0.717) is 0 Å². The number of hydrogen-bond acceptors (Lipinski definition) is 5. The molecule has 0 amide bonds. The van der Waals surface area contributed by atoms with Crippen molar-refractivity contribution in [1.29, 1.82) is 0 Å². The van der Waals surface area contributed by atoms with Crippen molar-refractivity contribution >= 4 is 16.5 Å². The van der Waals surface area contributed by atoms with Crippen LogP contribution in [-0.4, -0.2) is 49.3 Å². The highest BCUT2D eigenvalue weighted by atomic mass is 32.1. The van der Waals surface area contributed by atoms with Crippen LogP contribution in [0, 0.1) is 0 Å². The van der Waals surface area contributed by atoms with E-state index in [1.165, 1.54) is 21.7 Å². The summed E-state index contributed by atoms with van der Waals surface area (Å²) in [4.78, 5) is 8.61. The van der Waals surface area contributed by atoms with Crippen LogP contribution in [0.15, 0.2) is 24.3 Å². The zero-order valence-corrected chi connectivity index (χ0v) is 12.8. The predicted molar refractivity (Wildman–Crippen MR) is 86.1 cm³/mol. The molecule has 2 aromatic rings. The van der Waals surface area contributed by atoms with Gasteiger partial charge in [-0.3, -0.25) is 4.90 Å². The summed E-state index contributed by atoms with van der Waals surface area (Å²) < 4.78 is 5.37. The first-order chi connectivity index (χ1) is 10.4. The average molecular weight is 301 g/mol. The first-order valence-corrected chi connectivity index (χ1v) is 8.34. The maximum absolute atomic E-state index is 5.37. The molecule has 0 bridgehead atoms. The summed E-state index contributed by atoms with van der Waals surface area (Å²) >= 11 is 1.80. The van der Waals surface area contributed by atoms with E-state index >= 15 is 0 Å². The van der Waals surface area contributed by atoms with Crippen LogP contribution in [-0.2, 0) is 11.2 Å². The van der Waals surface area contributed by atoms with Crippen LogP contribution in [0.25, 0.3) is 11.3 Å². The predicted octanol–water partition coefficient (Wildman–Crippen LogP) is 2.46. The summed E-state index contributed by atoms with van der Waals surface area (Å²) in [5, 5.41) is 4.54. The largest absolute Gasteiger partial charge is 0.379 e. The van der Waals surface area contributed by atoms with Gasteiger partial charge < -0.3 is 10.1 Å². The van der Waals surface area contributed by atoms with Gasteiger partial charge in [0.15, 0.2) is 5.13 Å². The first-order valence-electron chi connectivity index (χ1n) is 7.52. The Morgan fingerprint density at radius 3 is 3.00 bits per heavy atom. The number of thiazole rings is 1. The van der Waals surface area contributed by atoms with Gasteiger partial charge in [-0.2, -0.15) is 0 Å². The van der Waals surface area contributed by atoms with Crippen molar-refractivity contribution < 1.29 is 4.74 Å². The smallest absolute Gasteiger partial charge is 0.183 e. The standard InChI is InChI=1S/C16H19N3OS/c1-2-4-13-12(3-1)11-14-15(13)18-16(21-14)17-5-6-19-7-9-20-10-8-19/h1-4H,5-11H2,(H,17,18). The number of nitrogens with one attached hydrogen (secondary N) is 1. The van der Waals surface area contributed by atoms with Crippen LogP contribution in [0.5, 0.6) is 0 Å². The average Bonchev–Trinajstić information content (AvgIpc) is 3.05. The molecule has 2 heterocycles. The van der Waals surface area contributed by atoms with E-state index in [1.54, 1.807) is 11.3 Å². The molecule has 1 saturated heterocycles. The van der Waals surface area contributed by atoms with E-state index in [1.807, 2.05) is 0 Å². The number of morpholine rings is 1. The number of rotatable bonds is 4. The summed E-state index contributed by atoms with van der Waals surface area (Å²) in [6, 6.07) is 8.59. The zero-order chi connectivity index (χ0) is 14.1. The van der Waals surface area contributed by atoms with E-state index in [9.17, 15) is 0 Å². The van der Waals surface area contributed by atoms with Gasteiger partial charge >= 0.3 is 0 Å². The molecule has 0 atom stereocenters. The minimum Gasteiger partial charge on any atom is -0.379 e. The fraction of sp³-hybridized carbons (Fsp3) is 0.438. The minimum absolute atomic E-state index is 0.863. The number of benzene rings is 1. The molecule has 2 aliphatic rings. The van der Waals surface area contributed by atoms with E-state index in [-0.39, 0.29) is 0 Å². The van der Waals surface area contributed by atoms with Crippen LogP contribution in [0.2, 0.25) is 0 Å². The van der Waals surface area contributed by atoms with Gasteiger partial charge in [0.2, 0.25) is 0 Å². The monoisotopic (exact) mass is 301 g/mol. The lowest BCUT2D eigenvalue weighted by Crippen LogP contribution is -2.38. The van der Waals surface area contributed by atoms with Crippen LogP contribution in [0.4, 0.5) is 5.13 Å². The lowest BCUT2D eigenvalue weighted by molar-refractivity contribution is 0.0398. The molecule has 1 N–H and O–H groups in total. The van der Waals surface area contributed by atoms with Crippen LogP contribution in [0.1, 0.15) is 10.4 Å². The number of fused-ring (bicyclic) bond motifs is 3. The third kappa shape index (κ3) is 2.69. The maximum atomic E-state index is 5.37. The van der Waals surface area contributed by atoms with Gasteiger partial charge in [-0.1, -0.05) is 24.3 Å². The van der Waals surface area contributed by atoms with Gasteiger partial charge in [-0.25, -0.2) is 4.98 Å². The molecule has 4 nitrogen and oxygen atoms in total.